The second-order valence-electron chi connectivity index (χ2n) is 6.60. The molecule has 0 aliphatic carbocycles. The van der Waals surface area contributed by atoms with E-state index in [2.05, 4.69) is 46.9 Å². The Morgan fingerprint density at radius 1 is 1.07 bits per heavy atom. The van der Waals surface area contributed by atoms with Gasteiger partial charge in [-0.2, -0.15) is 5.10 Å². The molecule has 2 N–H and O–H groups in total. The molecule has 1 atom stereocenters. The zero-order valence-electron chi connectivity index (χ0n) is 17.2. The maximum atomic E-state index is 11.6. The normalized spacial score (nSPS) is 15.0. The van der Waals surface area contributed by atoms with Gasteiger partial charge < -0.3 is 10.6 Å². The van der Waals surface area contributed by atoms with Crippen LogP contribution in [0.5, 0.6) is 0 Å². The minimum Gasteiger partial charge on any atom is -0.362 e. The lowest BCUT2D eigenvalue weighted by Gasteiger charge is -2.04. The molecule has 140 valence electrons. The van der Waals surface area contributed by atoms with E-state index < -0.39 is 0 Å². The highest BCUT2D eigenvalue weighted by atomic mass is 16.1. The van der Waals surface area contributed by atoms with Crippen LogP contribution in [-0.2, 0) is 13.5 Å². The molecule has 0 spiro atoms. The van der Waals surface area contributed by atoms with Crippen molar-refractivity contribution >= 4 is 11.4 Å². The van der Waals surface area contributed by atoms with Gasteiger partial charge in [-0.25, -0.2) is 4.68 Å². The van der Waals surface area contributed by atoms with Crippen molar-refractivity contribution in [2.24, 2.45) is 7.05 Å². The molecule has 0 radical (unpaired) electrons. The molecule has 0 fully saturated rings. The summed E-state index contributed by atoms with van der Waals surface area (Å²) in [6, 6.07) is 16.7. The first kappa shape index (κ1) is 17.3. The van der Waals surface area contributed by atoms with Crippen LogP contribution in [-0.4, -0.2) is 15.9 Å². The van der Waals surface area contributed by atoms with Crippen molar-refractivity contribution in [3.63, 3.8) is 0 Å². The fourth-order valence-electron chi connectivity index (χ4n) is 3.04. The largest absolute Gasteiger partial charge is 0.362 e. The first-order valence-electron chi connectivity index (χ1n) is 9.66. The average Bonchev–Trinajstić information content (AvgIpc) is 3.10. The molecule has 0 saturated heterocycles. The molecule has 5 nitrogen and oxygen atoms in total. The smallest absolute Gasteiger partial charge is 0.292 e. The van der Waals surface area contributed by atoms with Gasteiger partial charge in [-0.15, -0.1) is 0 Å². The van der Waals surface area contributed by atoms with Gasteiger partial charge in [0.15, 0.2) is 0 Å². The van der Waals surface area contributed by atoms with E-state index in [4.69, 9.17) is 1.37 Å². The highest BCUT2D eigenvalue weighted by Gasteiger charge is 2.22. The third-order valence-corrected chi connectivity index (χ3v) is 4.52. The molecule has 5 heteroatoms. The van der Waals surface area contributed by atoms with E-state index in [1.807, 2.05) is 38.1 Å². The summed E-state index contributed by atoms with van der Waals surface area (Å²) in [5.74, 6) is 0. The van der Waals surface area contributed by atoms with Crippen LogP contribution in [0.3, 0.4) is 0 Å². The van der Waals surface area contributed by atoms with Crippen LogP contribution in [0, 0.1) is 6.92 Å². The monoisotopic (exact) mass is 363 g/mol. The van der Waals surface area contributed by atoms with Crippen LogP contribution in [0.25, 0.3) is 11.1 Å². The summed E-state index contributed by atoms with van der Waals surface area (Å²) < 4.78 is 9.15. The van der Waals surface area contributed by atoms with Gasteiger partial charge in [0.25, 0.3) is 5.56 Å². The van der Waals surface area contributed by atoms with E-state index in [0.29, 0.717) is 11.7 Å². The molecule has 1 aromatic heterocycles. The summed E-state index contributed by atoms with van der Waals surface area (Å²) in [7, 11) is 1.65. The Morgan fingerprint density at radius 2 is 1.78 bits per heavy atom. The summed E-state index contributed by atoms with van der Waals surface area (Å²) in [5, 5.41) is 10.3. The molecule has 3 aromatic rings. The quantitative estimate of drug-likeness (QED) is 0.717. The average molecular weight is 363 g/mol. The van der Waals surface area contributed by atoms with Crippen molar-refractivity contribution in [1.82, 2.24) is 9.78 Å². The fourth-order valence-corrected chi connectivity index (χ4v) is 3.04. The molecule has 2 heterocycles. The zero-order valence-corrected chi connectivity index (χ0v) is 16.2. The molecule has 0 bridgehead atoms. The molecule has 4 rings (SSSR count). The van der Waals surface area contributed by atoms with E-state index in [-0.39, 0.29) is 11.7 Å². The number of aryl methyl sites for hydroxylation is 3. The summed E-state index contributed by atoms with van der Waals surface area (Å²) in [5.41, 5.74) is 5.67. The lowest BCUT2D eigenvalue weighted by molar-refractivity contribution is 0.698. The molecular formula is C22H26N4O. The van der Waals surface area contributed by atoms with Crippen molar-refractivity contribution in [2.75, 3.05) is 10.6 Å². The maximum Gasteiger partial charge on any atom is 0.292 e. The number of rotatable bonds is 2. The Balaban J connectivity index is 0.000000162. The fraction of sp³-hybridized carbons (Fsp3) is 0.273. The second kappa shape index (κ2) is 8.08. The molecular weight excluding hydrogens is 336 g/mol. The SMILES string of the molecule is Cc1nn(C)c(=O)c2c1NC(C)N2.[2H]c1ccccc1-c1ccc(CC)cc1. The van der Waals surface area contributed by atoms with Gasteiger partial charge in [0.1, 0.15) is 5.69 Å². The number of benzene rings is 2. The number of anilines is 2. The van der Waals surface area contributed by atoms with E-state index in [0.717, 1.165) is 28.9 Å². The molecule has 0 amide bonds. The minimum absolute atomic E-state index is 0.0857. The predicted octanol–water partition coefficient (Wildman–Crippen LogP) is 4.19. The Labute approximate surface area is 161 Å². The van der Waals surface area contributed by atoms with Gasteiger partial charge in [-0.1, -0.05) is 61.5 Å². The summed E-state index contributed by atoms with van der Waals surface area (Å²) in [6.45, 7) is 5.98. The van der Waals surface area contributed by atoms with Gasteiger partial charge in [-0.3, -0.25) is 4.79 Å². The Bertz CT molecular complexity index is 1030. The lowest BCUT2D eigenvalue weighted by Crippen LogP contribution is -2.23. The number of nitrogens with zero attached hydrogens (tertiary/aromatic N) is 2. The first-order valence-corrected chi connectivity index (χ1v) is 9.16. The van der Waals surface area contributed by atoms with Crippen molar-refractivity contribution < 1.29 is 1.37 Å². The molecule has 27 heavy (non-hydrogen) atoms. The van der Waals surface area contributed by atoms with Gasteiger partial charge in [-0.05, 0) is 37.0 Å². The van der Waals surface area contributed by atoms with Crippen LogP contribution in [0.4, 0.5) is 11.4 Å². The van der Waals surface area contributed by atoms with Gasteiger partial charge >= 0.3 is 0 Å². The van der Waals surface area contributed by atoms with Crippen molar-refractivity contribution in [3.8, 4) is 11.1 Å². The summed E-state index contributed by atoms with van der Waals surface area (Å²) >= 11 is 0. The standard InChI is InChI=1S/C14H14.C8H12N4O/c1-2-12-8-10-14(11-9-12)13-6-4-3-5-7-13;1-4-6-7(10-5(2)9-6)8(13)12(3)11-4/h3-11H,2H2,1H3;5,9-10H,1-3H3/i6D;. The number of fused-ring (bicyclic) bond motifs is 1. The topological polar surface area (TPSA) is 59.0 Å². The molecule has 1 unspecified atom stereocenters. The predicted molar refractivity (Wildman–Crippen MR) is 112 cm³/mol. The lowest BCUT2D eigenvalue weighted by atomic mass is 10.0. The number of hydrogen-bond donors (Lipinski definition) is 2. The molecule has 0 saturated carbocycles. The molecule has 1 aliphatic rings. The zero-order chi connectivity index (χ0) is 20.3. The minimum atomic E-state index is -0.0857. The molecule has 1 aliphatic heterocycles. The Hall–Kier alpha value is -3.08. The number of aromatic nitrogens is 2. The van der Waals surface area contributed by atoms with Gasteiger partial charge in [0, 0.05) is 7.05 Å². The van der Waals surface area contributed by atoms with E-state index in [9.17, 15) is 4.79 Å². The van der Waals surface area contributed by atoms with Crippen LogP contribution < -0.4 is 16.2 Å². The third kappa shape index (κ3) is 4.19. The van der Waals surface area contributed by atoms with Crippen LogP contribution in [0.15, 0.2) is 59.4 Å². The van der Waals surface area contributed by atoms with Crippen LogP contribution in [0.2, 0.25) is 0 Å². The number of hydrogen-bond acceptors (Lipinski definition) is 4. The summed E-state index contributed by atoms with van der Waals surface area (Å²) in [6.07, 6.45) is 1.16. The Kier molecular flexibility index (Phi) is 5.19. The van der Waals surface area contributed by atoms with Gasteiger partial charge in [0.2, 0.25) is 0 Å². The maximum absolute atomic E-state index is 11.6. The van der Waals surface area contributed by atoms with E-state index in [1.54, 1.807) is 7.05 Å². The van der Waals surface area contributed by atoms with Crippen molar-refractivity contribution in [3.05, 3.63) is 76.2 Å². The summed E-state index contributed by atoms with van der Waals surface area (Å²) in [4.78, 5) is 11.6. The van der Waals surface area contributed by atoms with Crippen molar-refractivity contribution in [1.29, 1.82) is 0 Å². The van der Waals surface area contributed by atoms with E-state index >= 15 is 0 Å². The van der Waals surface area contributed by atoms with E-state index in [1.165, 1.54) is 10.2 Å². The highest BCUT2D eigenvalue weighted by molar-refractivity contribution is 5.74. The third-order valence-electron chi connectivity index (χ3n) is 4.52. The second-order valence-corrected chi connectivity index (χ2v) is 6.60. The van der Waals surface area contributed by atoms with Gasteiger partial charge in [0.05, 0.1) is 18.9 Å². The highest BCUT2D eigenvalue weighted by Crippen LogP contribution is 2.26. The van der Waals surface area contributed by atoms with Crippen molar-refractivity contribution in [2.45, 2.75) is 33.4 Å². The first-order chi connectivity index (χ1) is 13.4. The van der Waals surface area contributed by atoms with Crippen LogP contribution >= 0.6 is 0 Å². The Morgan fingerprint density at radius 3 is 2.44 bits per heavy atom. The van der Waals surface area contributed by atoms with Crippen LogP contribution in [0.1, 0.15) is 26.5 Å². The number of nitrogens with one attached hydrogen (secondary N) is 2. The molecule has 2 aromatic carbocycles.